The fraction of sp³-hybridized carbons (Fsp3) is 0.538. The average molecular weight is 242 g/mol. The second-order valence-corrected chi connectivity index (χ2v) is 4.22. The van der Waals surface area contributed by atoms with Gasteiger partial charge in [0, 0.05) is 30.8 Å². The molecule has 1 unspecified atom stereocenters. The summed E-state index contributed by atoms with van der Waals surface area (Å²) in [5.41, 5.74) is 0.494. The Bertz CT molecular complexity index is 342. The zero-order valence-electron chi connectivity index (χ0n) is 10.4. The summed E-state index contributed by atoms with van der Waals surface area (Å²) < 4.78 is 26.0. The maximum Gasteiger partial charge on any atom is 0.130 e. The highest BCUT2D eigenvalue weighted by molar-refractivity contribution is 5.18. The monoisotopic (exact) mass is 242 g/mol. The lowest BCUT2D eigenvalue weighted by Crippen LogP contribution is -2.36. The van der Waals surface area contributed by atoms with E-state index in [1.807, 2.05) is 6.92 Å². The fourth-order valence-electron chi connectivity index (χ4n) is 1.52. The molecule has 0 heterocycles. The highest BCUT2D eigenvalue weighted by Gasteiger charge is 2.05. The molecule has 2 nitrogen and oxygen atoms in total. The first-order valence-corrected chi connectivity index (χ1v) is 6.01. The predicted molar refractivity (Wildman–Crippen MR) is 65.8 cm³/mol. The summed E-state index contributed by atoms with van der Waals surface area (Å²) in [6.07, 6.45) is 1.10. The Morgan fingerprint density at radius 2 is 2.06 bits per heavy atom. The average Bonchev–Trinajstić information content (AvgIpc) is 2.28. The molecular weight excluding hydrogens is 222 g/mol. The molecule has 4 heteroatoms. The van der Waals surface area contributed by atoms with E-state index in [2.05, 4.69) is 17.6 Å². The molecule has 0 fully saturated rings. The molecule has 0 spiro atoms. The first kappa shape index (κ1) is 14.1. The largest absolute Gasteiger partial charge is 0.315 e. The zero-order valence-corrected chi connectivity index (χ0v) is 10.4. The third-order valence-electron chi connectivity index (χ3n) is 2.53. The Morgan fingerprint density at radius 3 is 2.71 bits per heavy atom. The van der Waals surface area contributed by atoms with E-state index in [0.29, 0.717) is 12.1 Å². The SMILES string of the molecule is CCCNCC(C)NCc1ccc(F)cc1F. The lowest BCUT2D eigenvalue weighted by atomic mass is 10.2. The number of hydrogen-bond acceptors (Lipinski definition) is 2. The van der Waals surface area contributed by atoms with Crippen LogP contribution in [0.2, 0.25) is 0 Å². The van der Waals surface area contributed by atoms with Crippen molar-refractivity contribution in [3.05, 3.63) is 35.4 Å². The van der Waals surface area contributed by atoms with Crippen molar-refractivity contribution in [3.63, 3.8) is 0 Å². The van der Waals surface area contributed by atoms with E-state index in [1.54, 1.807) is 0 Å². The molecule has 1 atom stereocenters. The highest BCUT2D eigenvalue weighted by atomic mass is 19.1. The van der Waals surface area contributed by atoms with Gasteiger partial charge >= 0.3 is 0 Å². The van der Waals surface area contributed by atoms with Crippen LogP contribution in [0.25, 0.3) is 0 Å². The van der Waals surface area contributed by atoms with Gasteiger partial charge < -0.3 is 10.6 Å². The summed E-state index contributed by atoms with van der Waals surface area (Å²) in [5.74, 6) is -1.03. The van der Waals surface area contributed by atoms with Crippen LogP contribution < -0.4 is 10.6 Å². The number of nitrogens with one attached hydrogen (secondary N) is 2. The predicted octanol–water partition coefficient (Wildman–Crippen LogP) is 2.44. The molecule has 0 aromatic heterocycles. The van der Waals surface area contributed by atoms with E-state index in [4.69, 9.17) is 0 Å². The van der Waals surface area contributed by atoms with Gasteiger partial charge in [0.05, 0.1) is 0 Å². The van der Waals surface area contributed by atoms with Gasteiger partial charge in [-0.25, -0.2) is 8.78 Å². The zero-order chi connectivity index (χ0) is 12.7. The number of hydrogen-bond donors (Lipinski definition) is 2. The topological polar surface area (TPSA) is 24.1 Å². The Labute approximate surface area is 101 Å². The summed E-state index contributed by atoms with van der Waals surface area (Å²) >= 11 is 0. The minimum absolute atomic E-state index is 0.256. The van der Waals surface area contributed by atoms with Crippen LogP contribution in [0.15, 0.2) is 18.2 Å². The van der Waals surface area contributed by atoms with E-state index < -0.39 is 11.6 Å². The van der Waals surface area contributed by atoms with Crippen LogP contribution in [0.3, 0.4) is 0 Å². The molecular formula is C13H20F2N2. The molecule has 1 aromatic carbocycles. The standard InChI is InChI=1S/C13H20F2N2/c1-3-6-16-8-10(2)17-9-11-4-5-12(14)7-13(11)15/h4-5,7,10,16-17H,3,6,8-9H2,1-2H3. The summed E-state index contributed by atoms with van der Waals surface area (Å²) in [5, 5.41) is 6.47. The maximum absolute atomic E-state index is 13.3. The van der Waals surface area contributed by atoms with Crippen LogP contribution >= 0.6 is 0 Å². The number of benzene rings is 1. The van der Waals surface area contributed by atoms with E-state index >= 15 is 0 Å². The number of rotatable bonds is 7. The molecule has 0 radical (unpaired) electrons. The Balaban J connectivity index is 2.34. The normalized spacial score (nSPS) is 12.7. The van der Waals surface area contributed by atoms with Crippen molar-refractivity contribution in [1.82, 2.24) is 10.6 Å². The first-order chi connectivity index (χ1) is 8.13. The molecule has 1 aromatic rings. The van der Waals surface area contributed by atoms with Crippen LogP contribution in [-0.2, 0) is 6.54 Å². The van der Waals surface area contributed by atoms with Crippen LogP contribution in [0.1, 0.15) is 25.8 Å². The van der Waals surface area contributed by atoms with Crippen molar-refractivity contribution < 1.29 is 8.78 Å². The summed E-state index contributed by atoms with van der Waals surface area (Å²) in [6, 6.07) is 3.92. The van der Waals surface area contributed by atoms with Gasteiger partial charge in [-0.05, 0) is 26.0 Å². The van der Waals surface area contributed by atoms with Crippen molar-refractivity contribution in [2.45, 2.75) is 32.9 Å². The van der Waals surface area contributed by atoms with E-state index in [-0.39, 0.29) is 6.04 Å². The van der Waals surface area contributed by atoms with Crippen molar-refractivity contribution in [1.29, 1.82) is 0 Å². The van der Waals surface area contributed by atoms with Gasteiger partial charge in [-0.15, -0.1) is 0 Å². The van der Waals surface area contributed by atoms with Crippen LogP contribution in [0.4, 0.5) is 8.78 Å². The Hall–Kier alpha value is -1.00. The molecule has 2 N–H and O–H groups in total. The fourth-order valence-corrected chi connectivity index (χ4v) is 1.52. The molecule has 17 heavy (non-hydrogen) atoms. The van der Waals surface area contributed by atoms with E-state index in [0.717, 1.165) is 25.6 Å². The van der Waals surface area contributed by atoms with Crippen molar-refractivity contribution in [2.75, 3.05) is 13.1 Å². The molecule has 0 amide bonds. The van der Waals surface area contributed by atoms with Gasteiger partial charge in [0.1, 0.15) is 11.6 Å². The molecule has 0 aliphatic carbocycles. The molecule has 0 aliphatic heterocycles. The maximum atomic E-state index is 13.3. The first-order valence-electron chi connectivity index (χ1n) is 6.01. The molecule has 96 valence electrons. The lowest BCUT2D eigenvalue weighted by molar-refractivity contribution is 0.489. The van der Waals surface area contributed by atoms with E-state index in [9.17, 15) is 8.78 Å². The molecule has 0 aliphatic rings. The van der Waals surface area contributed by atoms with Gasteiger partial charge in [-0.1, -0.05) is 13.0 Å². The summed E-state index contributed by atoms with van der Waals surface area (Å²) in [4.78, 5) is 0. The minimum Gasteiger partial charge on any atom is -0.315 e. The molecule has 0 saturated carbocycles. The Morgan fingerprint density at radius 1 is 1.29 bits per heavy atom. The smallest absolute Gasteiger partial charge is 0.130 e. The quantitative estimate of drug-likeness (QED) is 0.718. The Kier molecular flexibility index (Phi) is 6.08. The molecule has 0 bridgehead atoms. The van der Waals surface area contributed by atoms with E-state index in [1.165, 1.54) is 12.1 Å². The van der Waals surface area contributed by atoms with Crippen LogP contribution in [-0.4, -0.2) is 19.1 Å². The highest BCUT2D eigenvalue weighted by Crippen LogP contribution is 2.09. The van der Waals surface area contributed by atoms with Crippen LogP contribution in [0, 0.1) is 11.6 Å². The van der Waals surface area contributed by atoms with Gasteiger partial charge in [0.25, 0.3) is 0 Å². The van der Waals surface area contributed by atoms with Gasteiger partial charge in [-0.2, -0.15) is 0 Å². The minimum atomic E-state index is -0.538. The van der Waals surface area contributed by atoms with Gasteiger partial charge in [0.15, 0.2) is 0 Å². The second kappa shape index (κ2) is 7.35. The van der Waals surface area contributed by atoms with Crippen molar-refractivity contribution in [2.24, 2.45) is 0 Å². The summed E-state index contributed by atoms with van der Waals surface area (Å²) in [6.45, 7) is 6.39. The third-order valence-corrected chi connectivity index (χ3v) is 2.53. The number of halogens is 2. The second-order valence-electron chi connectivity index (χ2n) is 4.22. The molecule has 1 rings (SSSR count). The third kappa shape index (κ3) is 5.24. The van der Waals surface area contributed by atoms with Gasteiger partial charge in [-0.3, -0.25) is 0 Å². The van der Waals surface area contributed by atoms with Crippen LogP contribution in [0.5, 0.6) is 0 Å². The van der Waals surface area contributed by atoms with Crippen molar-refractivity contribution in [3.8, 4) is 0 Å². The lowest BCUT2D eigenvalue weighted by Gasteiger charge is -2.14. The summed E-state index contributed by atoms with van der Waals surface area (Å²) in [7, 11) is 0. The van der Waals surface area contributed by atoms with Gasteiger partial charge in [0.2, 0.25) is 0 Å². The van der Waals surface area contributed by atoms with Crippen molar-refractivity contribution >= 4 is 0 Å². The molecule has 0 saturated heterocycles.